The molecule has 1 heterocycles. The molecule has 0 saturated carbocycles. The largest absolute Gasteiger partial charge is 0.497 e. The van der Waals surface area contributed by atoms with Crippen molar-refractivity contribution in [2.75, 3.05) is 19.2 Å². The third-order valence-electron chi connectivity index (χ3n) is 3.62. The minimum absolute atomic E-state index is 0.155. The van der Waals surface area contributed by atoms with Crippen molar-refractivity contribution in [2.24, 2.45) is 0 Å². The van der Waals surface area contributed by atoms with Crippen LogP contribution in [0.4, 0.5) is 5.69 Å². The predicted molar refractivity (Wildman–Crippen MR) is 89.1 cm³/mol. The van der Waals surface area contributed by atoms with Crippen LogP contribution in [0, 0.1) is 0 Å². The average Bonchev–Trinajstić information content (AvgIpc) is 3.09. The molecule has 0 radical (unpaired) electrons. The lowest BCUT2D eigenvalue weighted by Crippen LogP contribution is -2.30. The van der Waals surface area contributed by atoms with Gasteiger partial charge in [0.2, 0.25) is 6.79 Å². The van der Waals surface area contributed by atoms with Gasteiger partial charge in [-0.1, -0.05) is 0 Å². The number of amides is 1. The first-order valence-electron chi connectivity index (χ1n) is 7.62. The first-order valence-corrected chi connectivity index (χ1v) is 7.62. The second-order valence-electron chi connectivity index (χ2n) is 5.33. The van der Waals surface area contributed by atoms with Gasteiger partial charge in [-0.2, -0.15) is 0 Å². The number of anilines is 1. The van der Waals surface area contributed by atoms with Crippen molar-refractivity contribution in [3.8, 4) is 17.2 Å². The SMILES string of the molecule is COc1ccc(C(=O)O[C@H](C)C(=O)Nc2ccc3c(c2)OCO3)cc1. The first kappa shape index (κ1) is 16.6. The summed E-state index contributed by atoms with van der Waals surface area (Å²) in [7, 11) is 1.54. The van der Waals surface area contributed by atoms with Crippen LogP contribution in [0.1, 0.15) is 17.3 Å². The van der Waals surface area contributed by atoms with Gasteiger partial charge in [0.05, 0.1) is 12.7 Å². The minimum atomic E-state index is -0.958. The third-order valence-corrected chi connectivity index (χ3v) is 3.62. The Bertz CT molecular complexity index is 787. The third kappa shape index (κ3) is 3.82. The van der Waals surface area contributed by atoms with Crippen molar-refractivity contribution >= 4 is 17.6 Å². The average molecular weight is 343 g/mol. The molecule has 0 spiro atoms. The molecular weight excluding hydrogens is 326 g/mol. The molecular formula is C18H17NO6. The standard InChI is InChI=1S/C18H17NO6/c1-11(25-18(21)12-3-6-14(22-2)7-4-12)17(20)19-13-5-8-15-16(9-13)24-10-23-15/h3-9,11H,10H2,1-2H3,(H,19,20)/t11-/m1/s1. The lowest BCUT2D eigenvalue weighted by molar-refractivity contribution is -0.123. The van der Waals surface area contributed by atoms with Crippen LogP contribution >= 0.6 is 0 Å². The van der Waals surface area contributed by atoms with E-state index in [0.717, 1.165) is 0 Å². The molecule has 0 fully saturated rings. The van der Waals surface area contributed by atoms with E-state index in [1.807, 2.05) is 0 Å². The number of fused-ring (bicyclic) bond motifs is 1. The van der Waals surface area contributed by atoms with Crippen molar-refractivity contribution in [3.63, 3.8) is 0 Å². The first-order chi connectivity index (χ1) is 12.1. The molecule has 0 bridgehead atoms. The van der Waals surface area contributed by atoms with Gasteiger partial charge < -0.3 is 24.3 Å². The van der Waals surface area contributed by atoms with Gasteiger partial charge in [-0.15, -0.1) is 0 Å². The quantitative estimate of drug-likeness (QED) is 0.840. The highest BCUT2D eigenvalue weighted by molar-refractivity contribution is 5.97. The maximum absolute atomic E-state index is 12.2. The van der Waals surface area contributed by atoms with Crippen LogP contribution in [0.5, 0.6) is 17.2 Å². The Balaban J connectivity index is 1.59. The molecule has 7 nitrogen and oxygen atoms in total. The van der Waals surface area contributed by atoms with Gasteiger partial charge in [0.25, 0.3) is 5.91 Å². The van der Waals surface area contributed by atoms with E-state index in [-0.39, 0.29) is 6.79 Å². The van der Waals surface area contributed by atoms with E-state index in [9.17, 15) is 9.59 Å². The van der Waals surface area contributed by atoms with Crippen molar-refractivity contribution < 1.29 is 28.5 Å². The maximum Gasteiger partial charge on any atom is 0.338 e. The molecule has 0 aliphatic carbocycles. The highest BCUT2D eigenvalue weighted by Crippen LogP contribution is 2.34. The number of hydrogen-bond acceptors (Lipinski definition) is 6. The Morgan fingerprint density at radius 2 is 1.80 bits per heavy atom. The Hall–Kier alpha value is -3.22. The summed E-state index contributed by atoms with van der Waals surface area (Å²) in [4.78, 5) is 24.3. The van der Waals surface area contributed by atoms with Crippen LogP contribution in [0.25, 0.3) is 0 Å². The summed E-state index contributed by atoms with van der Waals surface area (Å²) in [5.41, 5.74) is 0.866. The van der Waals surface area contributed by atoms with Gasteiger partial charge in [0.1, 0.15) is 5.75 Å². The van der Waals surface area contributed by atoms with Gasteiger partial charge in [0, 0.05) is 11.8 Å². The zero-order chi connectivity index (χ0) is 17.8. The number of hydrogen-bond donors (Lipinski definition) is 1. The van der Waals surface area contributed by atoms with E-state index in [0.29, 0.717) is 28.5 Å². The van der Waals surface area contributed by atoms with Crippen LogP contribution in [0.2, 0.25) is 0 Å². The lowest BCUT2D eigenvalue weighted by atomic mass is 10.2. The number of carbonyl (C=O) groups is 2. The van der Waals surface area contributed by atoms with Crippen LogP contribution in [-0.4, -0.2) is 31.9 Å². The molecule has 1 atom stereocenters. The molecule has 25 heavy (non-hydrogen) atoms. The number of benzene rings is 2. The Morgan fingerprint density at radius 1 is 1.08 bits per heavy atom. The normalized spacial score (nSPS) is 13.0. The van der Waals surface area contributed by atoms with Crippen molar-refractivity contribution in [2.45, 2.75) is 13.0 Å². The van der Waals surface area contributed by atoms with Gasteiger partial charge in [-0.05, 0) is 43.3 Å². The summed E-state index contributed by atoms with van der Waals surface area (Å²) in [6.45, 7) is 1.66. The summed E-state index contributed by atoms with van der Waals surface area (Å²) >= 11 is 0. The van der Waals surface area contributed by atoms with Gasteiger partial charge in [-0.3, -0.25) is 4.79 Å². The number of rotatable bonds is 5. The van der Waals surface area contributed by atoms with Crippen molar-refractivity contribution in [3.05, 3.63) is 48.0 Å². The molecule has 1 N–H and O–H groups in total. The summed E-state index contributed by atoms with van der Waals surface area (Å²) in [5, 5.41) is 2.67. The summed E-state index contributed by atoms with van der Waals surface area (Å²) in [6, 6.07) is 11.5. The Labute approximate surface area is 144 Å². The van der Waals surface area contributed by atoms with E-state index in [1.165, 1.54) is 14.0 Å². The molecule has 2 aromatic rings. The zero-order valence-corrected chi connectivity index (χ0v) is 13.8. The van der Waals surface area contributed by atoms with Gasteiger partial charge >= 0.3 is 5.97 Å². The van der Waals surface area contributed by atoms with E-state index in [1.54, 1.807) is 42.5 Å². The van der Waals surface area contributed by atoms with E-state index < -0.39 is 18.0 Å². The summed E-state index contributed by atoms with van der Waals surface area (Å²) in [6.07, 6.45) is -0.958. The summed E-state index contributed by atoms with van der Waals surface area (Å²) < 4.78 is 20.7. The minimum Gasteiger partial charge on any atom is -0.497 e. The number of carbonyl (C=O) groups excluding carboxylic acids is 2. The number of nitrogens with one attached hydrogen (secondary N) is 1. The Morgan fingerprint density at radius 3 is 2.52 bits per heavy atom. The molecule has 7 heteroatoms. The molecule has 0 saturated heterocycles. The molecule has 1 aliphatic heterocycles. The highest BCUT2D eigenvalue weighted by Gasteiger charge is 2.20. The molecule has 2 aromatic carbocycles. The van der Waals surface area contributed by atoms with Crippen LogP contribution in [0.15, 0.2) is 42.5 Å². The van der Waals surface area contributed by atoms with Crippen LogP contribution in [0.3, 0.4) is 0 Å². The fourth-order valence-electron chi connectivity index (χ4n) is 2.23. The van der Waals surface area contributed by atoms with Crippen LogP contribution in [-0.2, 0) is 9.53 Å². The fourth-order valence-corrected chi connectivity index (χ4v) is 2.23. The maximum atomic E-state index is 12.2. The lowest BCUT2D eigenvalue weighted by Gasteiger charge is -2.14. The molecule has 1 aliphatic rings. The predicted octanol–water partition coefficient (Wildman–Crippen LogP) is 2.61. The smallest absolute Gasteiger partial charge is 0.338 e. The highest BCUT2D eigenvalue weighted by atomic mass is 16.7. The monoisotopic (exact) mass is 343 g/mol. The number of ether oxygens (including phenoxy) is 4. The zero-order valence-electron chi connectivity index (χ0n) is 13.8. The van der Waals surface area contributed by atoms with Gasteiger partial charge in [0.15, 0.2) is 17.6 Å². The van der Waals surface area contributed by atoms with E-state index >= 15 is 0 Å². The molecule has 1 amide bonds. The number of methoxy groups -OCH3 is 1. The molecule has 130 valence electrons. The Kier molecular flexibility index (Phi) is 4.74. The van der Waals surface area contributed by atoms with Crippen molar-refractivity contribution in [1.82, 2.24) is 0 Å². The molecule has 0 unspecified atom stereocenters. The van der Waals surface area contributed by atoms with E-state index in [2.05, 4.69) is 5.32 Å². The molecule has 3 rings (SSSR count). The summed E-state index contributed by atoms with van der Waals surface area (Å²) in [5.74, 6) is 0.777. The topological polar surface area (TPSA) is 83.1 Å². The molecule has 0 aromatic heterocycles. The fraction of sp³-hybridized carbons (Fsp3) is 0.222. The second kappa shape index (κ2) is 7.12. The van der Waals surface area contributed by atoms with Crippen LogP contribution < -0.4 is 19.5 Å². The number of esters is 1. The second-order valence-corrected chi connectivity index (χ2v) is 5.33. The van der Waals surface area contributed by atoms with Gasteiger partial charge in [-0.25, -0.2) is 4.79 Å². The van der Waals surface area contributed by atoms with Crippen molar-refractivity contribution in [1.29, 1.82) is 0 Å². The van der Waals surface area contributed by atoms with E-state index in [4.69, 9.17) is 18.9 Å².